The van der Waals surface area contributed by atoms with Gasteiger partial charge in [0.15, 0.2) is 5.96 Å². The summed E-state index contributed by atoms with van der Waals surface area (Å²) in [6, 6.07) is 13.9. The van der Waals surface area contributed by atoms with Crippen molar-refractivity contribution in [2.75, 3.05) is 27.8 Å². The molecule has 0 aliphatic carbocycles. The molecule has 0 saturated heterocycles. The van der Waals surface area contributed by atoms with Crippen molar-refractivity contribution in [2.24, 2.45) is 4.99 Å². The van der Waals surface area contributed by atoms with Gasteiger partial charge >= 0.3 is 0 Å². The molecule has 0 aromatic heterocycles. The van der Waals surface area contributed by atoms with Crippen LogP contribution in [0.4, 0.5) is 0 Å². The number of ether oxygens (including phenoxy) is 2. The second-order valence-corrected chi connectivity index (χ2v) is 6.17. The van der Waals surface area contributed by atoms with Gasteiger partial charge < -0.3 is 20.1 Å². The Hall–Kier alpha value is -1.51. The van der Waals surface area contributed by atoms with Gasteiger partial charge in [-0.15, -0.1) is 24.0 Å². The first kappa shape index (κ1) is 23.5. The van der Waals surface area contributed by atoms with Gasteiger partial charge in [-0.05, 0) is 35.2 Å². The molecule has 0 heterocycles. The van der Waals surface area contributed by atoms with Crippen molar-refractivity contribution in [3.63, 3.8) is 0 Å². The number of aliphatic imine (C=N–C) groups is 1. The molecule has 0 spiro atoms. The SMILES string of the molecule is CN=C(NCCc1ccc(OC)cc1Cl)NCc1ccccc1COC.I. The topological polar surface area (TPSA) is 54.9 Å². The fourth-order valence-corrected chi connectivity index (χ4v) is 2.86. The molecule has 0 atom stereocenters. The fourth-order valence-electron chi connectivity index (χ4n) is 2.60. The van der Waals surface area contributed by atoms with Gasteiger partial charge in [0.2, 0.25) is 0 Å². The van der Waals surface area contributed by atoms with E-state index in [0.29, 0.717) is 18.2 Å². The molecular formula is C20H27ClIN3O2. The van der Waals surface area contributed by atoms with Crippen LogP contribution in [0.1, 0.15) is 16.7 Å². The minimum atomic E-state index is 0. The Morgan fingerprint density at radius 3 is 2.41 bits per heavy atom. The van der Waals surface area contributed by atoms with Gasteiger partial charge in [0, 0.05) is 32.3 Å². The molecule has 2 aromatic rings. The Bertz CT molecular complexity index is 741. The van der Waals surface area contributed by atoms with E-state index in [1.54, 1.807) is 21.3 Å². The van der Waals surface area contributed by atoms with Crippen LogP contribution in [0.15, 0.2) is 47.5 Å². The first-order valence-corrected chi connectivity index (χ1v) is 8.88. The average molecular weight is 504 g/mol. The zero-order chi connectivity index (χ0) is 18.8. The Morgan fingerprint density at radius 2 is 1.78 bits per heavy atom. The van der Waals surface area contributed by atoms with Crippen LogP contribution in [0, 0.1) is 0 Å². The molecule has 2 aromatic carbocycles. The summed E-state index contributed by atoms with van der Waals surface area (Å²) in [5, 5.41) is 7.36. The van der Waals surface area contributed by atoms with E-state index in [1.165, 1.54) is 11.1 Å². The maximum absolute atomic E-state index is 6.28. The standard InChI is InChI=1S/C20H26ClN3O2.HI/c1-22-20(24-13-16-6-4-5-7-17(16)14-25-2)23-11-10-15-8-9-18(26-3)12-19(15)21;/h4-9,12H,10-11,13-14H2,1-3H3,(H2,22,23,24);1H. The van der Waals surface area contributed by atoms with Gasteiger partial charge in [-0.3, -0.25) is 4.99 Å². The largest absolute Gasteiger partial charge is 0.497 e. The van der Waals surface area contributed by atoms with Crippen molar-refractivity contribution in [3.05, 3.63) is 64.2 Å². The monoisotopic (exact) mass is 503 g/mol. The molecule has 5 nitrogen and oxygen atoms in total. The molecule has 7 heteroatoms. The van der Waals surface area contributed by atoms with E-state index in [4.69, 9.17) is 21.1 Å². The number of nitrogens with one attached hydrogen (secondary N) is 2. The molecule has 0 radical (unpaired) electrons. The van der Waals surface area contributed by atoms with Crippen LogP contribution in [0.2, 0.25) is 5.02 Å². The quantitative estimate of drug-likeness (QED) is 0.325. The summed E-state index contributed by atoms with van der Waals surface area (Å²) in [5.74, 6) is 1.51. The molecule has 0 aliphatic rings. The van der Waals surface area contributed by atoms with Gasteiger partial charge in [0.05, 0.1) is 13.7 Å². The lowest BCUT2D eigenvalue weighted by Gasteiger charge is -2.14. The molecule has 0 fully saturated rings. The molecule has 2 rings (SSSR count). The van der Waals surface area contributed by atoms with Crippen LogP contribution in [-0.2, 0) is 24.3 Å². The number of rotatable bonds is 8. The normalized spacial score (nSPS) is 10.9. The van der Waals surface area contributed by atoms with Crippen LogP contribution in [0.25, 0.3) is 0 Å². The Morgan fingerprint density at radius 1 is 1.04 bits per heavy atom. The highest BCUT2D eigenvalue weighted by atomic mass is 127. The van der Waals surface area contributed by atoms with E-state index in [-0.39, 0.29) is 24.0 Å². The lowest BCUT2D eigenvalue weighted by Crippen LogP contribution is -2.38. The number of benzene rings is 2. The van der Waals surface area contributed by atoms with Crippen molar-refractivity contribution in [1.29, 1.82) is 0 Å². The predicted molar refractivity (Wildman–Crippen MR) is 122 cm³/mol. The van der Waals surface area contributed by atoms with Crippen LogP contribution in [0.5, 0.6) is 5.75 Å². The molecule has 0 amide bonds. The summed E-state index contributed by atoms with van der Waals surface area (Å²) in [6.07, 6.45) is 0.795. The minimum Gasteiger partial charge on any atom is -0.497 e. The second kappa shape index (κ2) is 12.8. The first-order chi connectivity index (χ1) is 12.7. The van der Waals surface area contributed by atoms with E-state index in [1.807, 2.05) is 30.3 Å². The third kappa shape index (κ3) is 7.56. The van der Waals surface area contributed by atoms with Crippen LogP contribution in [0.3, 0.4) is 0 Å². The number of nitrogens with zero attached hydrogens (tertiary/aromatic N) is 1. The highest BCUT2D eigenvalue weighted by molar-refractivity contribution is 14.0. The molecule has 0 aliphatic heterocycles. The number of hydrogen-bond acceptors (Lipinski definition) is 3. The number of halogens is 2. The van der Waals surface area contributed by atoms with E-state index < -0.39 is 0 Å². The van der Waals surface area contributed by atoms with E-state index in [2.05, 4.69) is 27.8 Å². The second-order valence-electron chi connectivity index (χ2n) is 5.76. The van der Waals surface area contributed by atoms with Gasteiger partial charge in [-0.2, -0.15) is 0 Å². The van der Waals surface area contributed by atoms with Crippen LogP contribution < -0.4 is 15.4 Å². The van der Waals surface area contributed by atoms with Gasteiger partial charge in [0.1, 0.15) is 5.75 Å². The Balaban J connectivity index is 0.00000364. The van der Waals surface area contributed by atoms with Crippen molar-refractivity contribution in [1.82, 2.24) is 10.6 Å². The first-order valence-electron chi connectivity index (χ1n) is 8.50. The Kier molecular flexibility index (Phi) is 11.2. The van der Waals surface area contributed by atoms with Crippen molar-refractivity contribution in [2.45, 2.75) is 19.6 Å². The van der Waals surface area contributed by atoms with Crippen molar-refractivity contribution >= 4 is 41.5 Å². The van der Waals surface area contributed by atoms with Crippen LogP contribution >= 0.6 is 35.6 Å². The average Bonchev–Trinajstić information content (AvgIpc) is 2.66. The fraction of sp³-hybridized carbons (Fsp3) is 0.350. The van der Waals surface area contributed by atoms with Gasteiger partial charge in [-0.25, -0.2) is 0 Å². The smallest absolute Gasteiger partial charge is 0.191 e. The van der Waals surface area contributed by atoms with E-state index in [0.717, 1.165) is 30.2 Å². The van der Waals surface area contributed by atoms with Gasteiger partial charge in [-0.1, -0.05) is 41.9 Å². The Labute approximate surface area is 183 Å². The third-order valence-electron chi connectivity index (χ3n) is 4.04. The lowest BCUT2D eigenvalue weighted by atomic mass is 10.1. The zero-order valence-corrected chi connectivity index (χ0v) is 19.0. The summed E-state index contributed by atoms with van der Waals surface area (Å²) in [4.78, 5) is 4.27. The third-order valence-corrected chi connectivity index (χ3v) is 4.39. The molecule has 0 saturated carbocycles. The summed E-state index contributed by atoms with van der Waals surface area (Å²) in [7, 11) is 5.10. The number of methoxy groups -OCH3 is 2. The minimum absolute atomic E-state index is 0. The molecule has 0 bridgehead atoms. The molecule has 148 valence electrons. The highest BCUT2D eigenvalue weighted by Gasteiger charge is 2.05. The van der Waals surface area contributed by atoms with Crippen molar-refractivity contribution < 1.29 is 9.47 Å². The molecule has 27 heavy (non-hydrogen) atoms. The lowest BCUT2D eigenvalue weighted by molar-refractivity contribution is 0.184. The maximum atomic E-state index is 6.28. The van der Waals surface area contributed by atoms with Crippen molar-refractivity contribution in [3.8, 4) is 5.75 Å². The summed E-state index contributed by atoms with van der Waals surface area (Å²) >= 11 is 6.28. The highest BCUT2D eigenvalue weighted by Crippen LogP contribution is 2.22. The molecular weight excluding hydrogens is 477 g/mol. The van der Waals surface area contributed by atoms with E-state index in [9.17, 15) is 0 Å². The number of guanidine groups is 1. The number of hydrogen-bond donors (Lipinski definition) is 2. The maximum Gasteiger partial charge on any atom is 0.191 e. The summed E-state index contributed by atoms with van der Waals surface area (Å²) in [5.41, 5.74) is 3.43. The summed E-state index contributed by atoms with van der Waals surface area (Å²) < 4.78 is 10.4. The van der Waals surface area contributed by atoms with Crippen LogP contribution in [-0.4, -0.2) is 33.8 Å². The van der Waals surface area contributed by atoms with E-state index >= 15 is 0 Å². The summed E-state index contributed by atoms with van der Waals surface area (Å²) in [6.45, 7) is 2.01. The van der Waals surface area contributed by atoms with Gasteiger partial charge in [0.25, 0.3) is 0 Å². The molecule has 2 N–H and O–H groups in total. The zero-order valence-electron chi connectivity index (χ0n) is 15.9. The predicted octanol–water partition coefficient (Wildman–Crippen LogP) is 4.02. The molecule has 0 unspecified atom stereocenters.